The molecule has 0 amide bonds. The van der Waals surface area contributed by atoms with Gasteiger partial charge in [-0.2, -0.15) is 0 Å². The van der Waals surface area contributed by atoms with Gasteiger partial charge in [0.2, 0.25) is 0 Å². The van der Waals surface area contributed by atoms with Gasteiger partial charge in [0.1, 0.15) is 12.7 Å². The first-order chi connectivity index (χ1) is 13.4. The van der Waals surface area contributed by atoms with Gasteiger partial charge in [-0.15, -0.1) is 0 Å². The van der Waals surface area contributed by atoms with Crippen molar-refractivity contribution in [1.82, 2.24) is 0 Å². The first-order valence-corrected chi connectivity index (χ1v) is 11.9. The number of rotatable bonds is 6. The second-order valence-corrected chi connectivity index (χ2v) is 10.9. The molecule has 0 spiro atoms. The first kappa shape index (κ1) is 19.4. The monoisotopic (exact) mass is 390 g/mol. The van der Waals surface area contributed by atoms with E-state index in [1.807, 2.05) is 6.92 Å². The lowest BCUT2D eigenvalue weighted by atomic mass is 9.62. The molecule has 0 N–H and O–H groups in total. The number of unbranched alkanes of at least 4 members (excludes halogenated alkanes) is 1. The van der Waals surface area contributed by atoms with Crippen molar-refractivity contribution in [2.24, 2.45) is 53.3 Å². The van der Waals surface area contributed by atoms with Crippen LogP contribution >= 0.6 is 0 Å². The molecule has 4 nitrogen and oxygen atoms in total. The molecule has 5 aliphatic rings. The van der Waals surface area contributed by atoms with Gasteiger partial charge in [0.25, 0.3) is 0 Å². The van der Waals surface area contributed by atoms with E-state index in [0.29, 0.717) is 19.1 Å². The highest BCUT2D eigenvalue weighted by molar-refractivity contribution is 5.73. The fourth-order valence-electron chi connectivity index (χ4n) is 8.18. The summed E-state index contributed by atoms with van der Waals surface area (Å²) >= 11 is 0. The standard InChI is InChI=1S/C24H38O4/c1-5-6-7-24(4)27-12-16(28-24)11-26-23(25)20-9-15-8-19(20)22-18-10-17(21(15)22)13(2)14(18)3/h13-22H,5-12H2,1-4H3. The van der Waals surface area contributed by atoms with Crippen LogP contribution in [0.5, 0.6) is 0 Å². The molecule has 0 aromatic carbocycles. The van der Waals surface area contributed by atoms with Crippen LogP contribution in [0.1, 0.15) is 66.2 Å². The van der Waals surface area contributed by atoms with E-state index in [1.165, 1.54) is 12.8 Å². The van der Waals surface area contributed by atoms with Crippen molar-refractivity contribution in [3.8, 4) is 0 Å². The topological polar surface area (TPSA) is 44.8 Å². The second-order valence-electron chi connectivity index (χ2n) is 10.9. The quantitative estimate of drug-likeness (QED) is 0.489. The molecule has 28 heavy (non-hydrogen) atoms. The molecular weight excluding hydrogens is 352 g/mol. The van der Waals surface area contributed by atoms with E-state index in [0.717, 1.165) is 67.1 Å². The van der Waals surface area contributed by atoms with Crippen molar-refractivity contribution in [1.29, 1.82) is 0 Å². The van der Waals surface area contributed by atoms with Crippen LogP contribution in [0.3, 0.4) is 0 Å². The summed E-state index contributed by atoms with van der Waals surface area (Å²) in [6, 6.07) is 0. The van der Waals surface area contributed by atoms with Crippen LogP contribution in [-0.2, 0) is 19.0 Å². The number of fused-ring (bicyclic) bond motifs is 9. The number of ether oxygens (including phenoxy) is 3. The molecular formula is C24H38O4. The van der Waals surface area contributed by atoms with Gasteiger partial charge in [-0.3, -0.25) is 4.79 Å². The lowest BCUT2D eigenvalue weighted by Crippen LogP contribution is -2.41. The molecule has 11 atom stereocenters. The first-order valence-electron chi connectivity index (χ1n) is 11.9. The highest BCUT2D eigenvalue weighted by atomic mass is 16.7. The normalized spacial score (nSPS) is 53.7. The van der Waals surface area contributed by atoms with E-state index in [1.54, 1.807) is 0 Å². The minimum absolute atomic E-state index is 0.0418. The Morgan fingerprint density at radius 3 is 2.57 bits per heavy atom. The SMILES string of the molecule is CCCCC1(C)OCC(COC(=O)C2CC3CC2C2C4CC(C(C)C4C)C32)O1. The van der Waals surface area contributed by atoms with Crippen LogP contribution in [0.15, 0.2) is 0 Å². The molecule has 4 aliphatic carbocycles. The van der Waals surface area contributed by atoms with E-state index in [-0.39, 0.29) is 18.0 Å². The molecule has 0 radical (unpaired) electrons. The van der Waals surface area contributed by atoms with Crippen LogP contribution in [0.4, 0.5) is 0 Å². The van der Waals surface area contributed by atoms with Gasteiger partial charge in [-0.05, 0) is 80.0 Å². The van der Waals surface area contributed by atoms with Crippen molar-refractivity contribution in [3.63, 3.8) is 0 Å². The van der Waals surface area contributed by atoms with Gasteiger partial charge < -0.3 is 14.2 Å². The highest BCUT2D eigenvalue weighted by Gasteiger charge is 2.66. The van der Waals surface area contributed by atoms with E-state index >= 15 is 0 Å². The fourth-order valence-corrected chi connectivity index (χ4v) is 8.18. The summed E-state index contributed by atoms with van der Waals surface area (Å²) in [5.41, 5.74) is 0. The van der Waals surface area contributed by atoms with E-state index < -0.39 is 5.79 Å². The number of hydrogen-bond acceptors (Lipinski definition) is 4. The van der Waals surface area contributed by atoms with Gasteiger partial charge >= 0.3 is 5.97 Å². The molecule has 5 rings (SSSR count). The molecule has 4 bridgehead atoms. The molecule has 158 valence electrons. The average Bonchev–Trinajstić information content (AvgIpc) is 3.45. The molecule has 4 heteroatoms. The molecule has 1 saturated heterocycles. The Kier molecular flexibility index (Phi) is 4.82. The van der Waals surface area contributed by atoms with Crippen molar-refractivity contribution in [2.45, 2.75) is 78.1 Å². The fraction of sp³-hybridized carbons (Fsp3) is 0.958. The summed E-state index contributed by atoms with van der Waals surface area (Å²) in [7, 11) is 0. The zero-order valence-electron chi connectivity index (χ0n) is 18.1. The maximum Gasteiger partial charge on any atom is 0.309 e. The van der Waals surface area contributed by atoms with Gasteiger partial charge in [0.05, 0.1) is 12.5 Å². The molecule has 5 fully saturated rings. The van der Waals surface area contributed by atoms with Gasteiger partial charge in [0, 0.05) is 6.42 Å². The summed E-state index contributed by atoms with van der Waals surface area (Å²) in [6.45, 7) is 10.0. The minimum atomic E-state index is -0.497. The zero-order chi connectivity index (χ0) is 19.6. The van der Waals surface area contributed by atoms with Crippen molar-refractivity contribution in [3.05, 3.63) is 0 Å². The Hall–Kier alpha value is -0.610. The zero-order valence-corrected chi connectivity index (χ0v) is 18.1. The Bertz CT molecular complexity index is 620. The summed E-state index contributed by atoms with van der Waals surface area (Å²) in [5.74, 6) is 6.29. The van der Waals surface area contributed by atoms with E-state index in [4.69, 9.17) is 14.2 Å². The highest BCUT2D eigenvalue weighted by Crippen LogP contribution is 2.71. The van der Waals surface area contributed by atoms with Crippen LogP contribution in [0, 0.1) is 53.3 Å². The summed E-state index contributed by atoms with van der Waals surface area (Å²) in [4.78, 5) is 12.9. The van der Waals surface area contributed by atoms with Gasteiger partial charge in [-0.25, -0.2) is 0 Å². The Morgan fingerprint density at radius 1 is 1.07 bits per heavy atom. The van der Waals surface area contributed by atoms with Crippen LogP contribution in [-0.4, -0.2) is 31.1 Å². The summed E-state index contributed by atoms with van der Waals surface area (Å²) < 4.78 is 17.7. The number of hydrogen-bond donors (Lipinski definition) is 0. The predicted octanol–water partition coefficient (Wildman–Crippen LogP) is 4.66. The van der Waals surface area contributed by atoms with Crippen LogP contribution in [0.2, 0.25) is 0 Å². The molecule has 11 unspecified atom stereocenters. The Balaban J connectivity index is 1.16. The van der Waals surface area contributed by atoms with E-state index in [9.17, 15) is 4.79 Å². The van der Waals surface area contributed by atoms with Crippen LogP contribution in [0.25, 0.3) is 0 Å². The maximum absolute atomic E-state index is 12.9. The summed E-state index contributed by atoms with van der Waals surface area (Å²) in [6.07, 6.45) is 6.80. The van der Waals surface area contributed by atoms with Gasteiger partial charge in [0.15, 0.2) is 5.79 Å². The smallest absolute Gasteiger partial charge is 0.309 e. The third kappa shape index (κ3) is 2.88. The molecule has 1 heterocycles. The largest absolute Gasteiger partial charge is 0.463 e. The van der Waals surface area contributed by atoms with Crippen molar-refractivity contribution in [2.75, 3.05) is 13.2 Å². The van der Waals surface area contributed by atoms with Gasteiger partial charge in [-0.1, -0.05) is 27.2 Å². The maximum atomic E-state index is 12.9. The second kappa shape index (κ2) is 6.97. The lowest BCUT2D eigenvalue weighted by Gasteiger charge is -2.43. The number of carbonyl (C=O) groups excluding carboxylic acids is 1. The minimum Gasteiger partial charge on any atom is -0.463 e. The van der Waals surface area contributed by atoms with Crippen molar-refractivity contribution >= 4 is 5.97 Å². The third-order valence-electron chi connectivity index (χ3n) is 9.53. The van der Waals surface area contributed by atoms with Crippen molar-refractivity contribution < 1.29 is 19.0 Å². The van der Waals surface area contributed by atoms with Crippen LogP contribution < -0.4 is 0 Å². The number of carbonyl (C=O) groups is 1. The molecule has 0 aromatic rings. The molecule has 4 saturated carbocycles. The Morgan fingerprint density at radius 2 is 1.82 bits per heavy atom. The third-order valence-corrected chi connectivity index (χ3v) is 9.53. The van der Waals surface area contributed by atoms with E-state index in [2.05, 4.69) is 20.8 Å². The lowest BCUT2D eigenvalue weighted by molar-refractivity contribution is -0.172. The average molecular weight is 391 g/mol. The Labute approximate surface area is 170 Å². The molecule has 0 aromatic heterocycles. The summed E-state index contributed by atoms with van der Waals surface area (Å²) in [5, 5.41) is 0. The predicted molar refractivity (Wildman–Crippen MR) is 106 cm³/mol. The number of esters is 1. The molecule has 1 aliphatic heterocycles.